The van der Waals surface area contributed by atoms with E-state index in [4.69, 9.17) is 33.2 Å². The fourth-order valence-electron chi connectivity index (χ4n) is 6.82. The number of methoxy groups -OCH3 is 2. The van der Waals surface area contributed by atoms with Crippen LogP contribution < -0.4 is 0 Å². The van der Waals surface area contributed by atoms with Gasteiger partial charge in [0.15, 0.2) is 18.4 Å². The third-order valence-corrected chi connectivity index (χ3v) is 9.70. The fraction of sp³-hybridized carbons (Fsp3) is 0.778. The Morgan fingerprint density at radius 2 is 1.52 bits per heavy atom. The summed E-state index contributed by atoms with van der Waals surface area (Å²) < 4.78 is 42.0. The lowest BCUT2D eigenvalue weighted by molar-refractivity contribution is -0.313. The lowest BCUT2D eigenvalue weighted by Crippen LogP contribution is -2.59. The number of aliphatic hydroxyl groups is 2. The second kappa shape index (κ2) is 18.8. The average Bonchev–Trinajstić information content (AvgIpc) is 3.04. The van der Waals surface area contributed by atoms with Crippen LogP contribution in [-0.2, 0) is 42.7 Å². The van der Waals surface area contributed by atoms with Gasteiger partial charge < -0.3 is 48.3 Å². The van der Waals surface area contributed by atoms with Gasteiger partial charge in [-0.1, -0.05) is 52.0 Å². The highest BCUT2D eigenvalue weighted by molar-refractivity contribution is 5.91. The van der Waals surface area contributed by atoms with Gasteiger partial charge in [-0.3, -0.25) is 4.79 Å². The number of hydrogen-bond donors (Lipinski definition) is 2. The van der Waals surface area contributed by atoms with E-state index in [0.29, 0.717) is 19.3 Å². The highest BCUT2D eigenvalue weighted by Gasteiger charge is 2.46. The Kier molecular flexibility index (Phi) is 15.9. The molecule has 3 aliphatic rings. The van der Waals surface area contributed by atoms with Gasteiger partial charge >= 0.3 is 5.97 Å². The Balaban J connectivity index is 1.90. The summed E-state index contributed by atoms with van der Waals surface area (Å²) in [5, 5.41) is 21.8. The number of carbonyl (C=O) groups is 2. The molecule has 2 saturated heterocycles. The zero-order chi connectivity index (χ0) is 35.7. The SMILES string of the molecule is CC[C@@H]1OC(=O)/C=C\[C@H](C)[C@H](O[C@H]2O[C@H](C)C[C@H](N(C)C)[C@H]2O)[C@@H](C)C[C@H](C)C(=O)/C=C\C=C/[C@H]1O[C@@H]1O[C@H](C)[C@H](O)[C@H](OC)[C@@H]1OC. The van der Waals surface area contributed by atoms with E-state index < -0.39 is 67.4 Å². The van der Waals surface area contributed by atoms with Crippen LogP contribution in [0.5, 0.6) is 0 Å². The van der Waals surface area contributed by atoms with Gasteiger partial charge in [0.1, 0.15) is 36.6 Å². The van der Waals surface area contributed by atoms with Crippen LogP contribution in [0, 0.1) is 17.8 Å². The quantitative estimate of drug-likeness (QED) is 0.364. The molecule has 3 rings (SSSR count). The molecule has 0 unspecified atom stereocenters. The molecule has 12 heteroatoms. The molecular weight excluding hydrogens is 622 g/mol. The van der Waals surface area contributed by atoms with Crippen molar-refractivity contribution >= 4 is 11.8 Å². The van der Waals surface area contributed by atoms with E-state index in [0.717, 1.165) is 0 Å². The van der Waals surface area contributed by atoms with Crippen molar-refractivity contribution in [2.24, 2.45) is 17.8 Å². The largest absolute Gasteiger partial charge is 0.456 e. The Labute approximate surface area is 286 Å². The Hall–Kier alpha value is -2.00. The molecular formula is C36H59NO11. The molecule has 0 bridgehead atoms. The van der Waals surface area contributed by atoms with Crippen molar-refractivity contribution < 1.29 is 53.0 Å². The van der Waals surface area contributed by atoms with Crippen LogP contribution in [0.25, 0.3) is 0 Å². The number of rotatable bonds is 8. The monoisotopic (exact) mass is 681 g/mol. The van der Waals surface area contributed by atoms with E-state index in [-0.39, 0.29) is 35.7 Å². The van der Waals surface area contributed by atoms with E-state index in [2.05, 4.69) is 0 Å². The molecule has 274 valence electrons. The number of esters is 1. The molecule has 0 saturated carbocycles. The summed E-state index contributed by atoms with van der Waals surface area (Å²) in [7, 11) is 6.80. The molecule has 0 aromatic carbocycles. The molecule has 0 aliphatic carbocycles. The standard InChI is InChI=1S/C36H59NO11/c1-11-27-28(47-36-34(43-10)33(42-9)30(40)24(6)45-36)15-13-12-14-26(38)21(3)18-22(4)32(20(2)16-17-29(39)46-27)48-35-31(41)25(37(7)8)19-23(5)44-35/h12-17,20-25,27-28,30-36,40-41H,11,18-19H2,1-10H3/b14-12-,15-13-,17-16-/t20-,21-,22-,23+,24+,25-,27-,28+,30-,31+,32-,33-,34-,35+,36-/m0/s1. The van der Waals surface area contributed by atoms with Crippen molar-refractivity contribution in [2.75, 3.05) is 28.3 Å². The van der Waals surface area contributed by atoms with Crippen LogP contribution in [0.4, 0.5) is 0 Å². The first-order valence-electron chi connectivity index (χ1n) is 17.2. The maximum absolute atomic E-state index is 13.3. The van der Waals surface area contributed by atoms with Crippen LogP contribution >= 0.6 is 0 Å². The number of likely N-dealkylation sites (N-methyl/N-ethyl adjacent to an activating group) is 1. The number of nitrogens with zero attached hydrogens (tertiary/aromatic N) is 1. The molecule has 0 aromatic rings. The van der Waals surface area contributed by atoms with Crippen LogP contribution in [0.3, 0.4) is 0 Å². The fourth-order valence-corrected chi connectivity index (χ4v) is 6.82. The number of allylic oxidation sites excluding steroid dienone is 3. The molecule has 0 spiro atoms. The van der Waals surface area contributed by atoms with E-state index in [1.54, 1.807) is 31.2 Å². The normalized spacial score (nSPS) is 44.2. The first-order chi connectivity index (χ1) is 22.7. The second-order valence-corrected chi connectivity index (χ2v) is 13.7. The Morgan fingerprint density at radius 1 is 0.833 bits per heavy atom. The first-order valence-corrected chi connectivity index (χ1v) is 17.2. The van der Waals surface area contributed by atoms with E-state index in [1.165, 1.54) is 26.4 Å². The summed E-state index contributed by atoms with van der Waals surface area (Å²) in [5.41, 5.74) is 0. The maximum Gasteiger partial charge on any atom is 0.330 e. The van der Waals surface area contributed by atoms with E-state index >= 15 is 0 Å². The third kappa shape index (κ3) is 10.5. The van der Waals surface area contributed by atoms with Crippen molar-refractivity contribution in [3.05, 3.63) is 36.5 Å². The predicted octanol–water partition coefficient (Wildman–Crippen LogP) is 3.19. The number of ether oxygens (including phenoxy) is 7. The molecule has 15 atom stereocenters. The second-order valence-electron chi connectivity index (χ2n) is 13.7. The minimum Gasteiger partial charge on any atom is -0.456 e. The minimum absolute atomic E-state index is 0.0486. The topological polar surface area (TPSA) is 142 Å². The molecule has 48 heavy (non-hydrogen) atoms. The van der Waals surface area contributed by atoms with Crippen molar-refractivity contribution in [2.45, 2.75) is 134 Å². The number of hydrogen-bond acceptors (Lipinski definition) is 12. The summed E-state index contributed by atoms with van der Waals surface area (Å²) in [4.78, 5) is 28.4. The summed E-state index contributed by atoms with van der Waals surface area (Å²) in [5.74, 6) is -1.34. The summed E-state index contributed by atoms with van der Waals surface area (Å²) in [6.07, 6.45) is 3.45. The van der Waals surface area contributed by atoms with Crippen LogP contribution in [0.15, 0.2) is 36.5 Å². The summed E-state index contributed by atoms with van der Waals surface area (Å²) >= 11 is 0. The van der Waals surface area contributed by atoms with E-state index in [9.17, 15) is 19.8 Å². The number of carbonyl (C=O) groups excluding carboxylic acids is 2. The average molecular weight is 682 g/mol. The molecule has 0 aromatic heterocycles. The highest BCUT2D eigenvalue weighted by Crippen LogP contribution is 2.32. The number of ketones is 1. The van der Waals surface area contributed by atoms with Crippen LogP contribution in [0.2, 0.25) is 0 Å². The number of aliphatic hydroxyl groups excluding tert-OH is 2. The highest BCUT2D eigenvalue weighted by atomic mass is 16.7. The molecule has 0 radical (unpaired) electrons. The summed E-state index contributed by atoms with van der Waals surface area (Å²) in [6.45, 7) is 11.4. The lowest BCUT2D eigenvalue weighted by Gasteiger charge is -2.43. The zero-order valence-electron chi connectivity index (χ0n) is 30.3. The Morgan fingerprint density at radius 3 is 2.15 bits per heavy atom. The lowest BCUT2D eigenvalue weighted by atomic mass is 9.84. The number of cyclic esters (lactones) is 1. The van der Waals surface area contributed by atoms with E-state index in [1.807, 2.05) is 53.6 Å². The van der Waals surface area contributed by atoms with Gasteiger partial charge in [-0.2, -0.15) is 0 Å². The molecule has 3 aliphatic heterocycles. The van der Waals surface area contributed by atoms with Gasteiger partial charge in [-0.25, -0.2) is 4.79 Å². The smallest absolute Gasteiger partial charge is 0.330 e. The van der Waals surface area contributed by atoms with Crippen molar-refractivity contribution in [1.29, 1.82) is 0 Å². The third-order valence-electron chi connectivity index (χ3n) is 9.70. The van der Waals surface area contributed by atoms with Gasteiger partial charge in [0.2, 0.25) is 0 Å². The molecule has 2 fully saturated rings. The van der Waals surface area contributed by atoms with Crippen molar-refractivity contribution in [1.82, 2.24) is 4.90 Å². The van der Waals surface area contributed by atoms with Gasteiger partial charge in [-0.15, -0.1) is 0 Å². The molecule has 2 N–H and O–H groups in total. The maximum atomic E-state index is 13.3. The van der Waals surface area contributed by atoms with Crippen molar-refractivity contribution in [3.8, 4) is 0 Å². The van der Waals surface area contributed by atoms with Gasteiger partial charge in [0, 0.05) is 38.2 Å². The zero-order valence-corrected chi connectivity index (χ0v) is 30.3. The van der Waals surface area contributed by atoms with Crippen LogP contribution in [0.1, 0.15) is 60.8 Å². The van der Waals surface area contributed by atoms with Crippen molar-refractivity contribution in [3.63, 3.8) is 0 Å². The molecule has 12 nitrogen and oxygen atoms in total. The van der Waals surface area contributed by atoms with Crippen LogP contribution in [-0.4, -0.2) is 129 Å². The van der Waals surface area contributed by atoms with Gasteiger partial charge in [0.05, 0.1) is 18.3 Å². The Bertz CT molecular complexity index is 1110. The van der Waals surface area contributed by atoms with Gasteiger partial charge in [-0.05, 0) is 59.2 Å². The first kappa shape index (κ1) is 40.4. The summed E-state index contributed by atoms with van der Waals surface area (Å²) in [6, 6.07) is -0.146. The minimum atomic E-state index is -0.945. The molecule has 3 heterocycles. The molecule has 0 amide bonds. The van der Waals surface area contributed by atoms with Gasteiger partial charge in [0.25, 0.3) is 0 Å². The predicted molar refractivity (Wildman–Crippen MR) is 179 cm³/mol.